The van der Waals surface area contributed by atoms with E-state index in [4.69, 9.17) is 0 Å². The monoisotopic (exact) mass is 277 g/mol. The minimum absolute atomic E-state index is 0.150. The zero-order valence-electron chi connectivity index (χ0n) is 11.4. The molecule has 1 aromatic rings. The van der Waals surface area contributed by atoms with Gasteiger partial charge in [-0.25, -0.2) is 9.78 Å². The summed E-state index contributed by atoms with van der Waals surface area (Å²) < 4.78 is 1.70. The summed E-state index contributed by atoms with van der Waals surface area (Å²) in [5, 5.41) is 9.40. The second-order valence-electron chi connectivity index (χ2n) is 5.59. The highest BCUT2D eigenvalue weighted by Crippen LogP contribution is 2.33. The molecule has 1 atom stereocenters. The molecule has 2 heterocycles. The van der Waals surface area contributed by atoms with Crippen LogP contribution in [0.1, 0.15) is 44.6 Å². The zero-order chi connectivity index (χ0) is 14.1. The smallest absolute Gasteiger partial charge is 0.326 e. The molecule has 1 unspecified atom stereocenters. The maximum atomic E-state index is 12.5. The number of carboxylic acids is 1. The van der Waals surface area contributed by atoms with Crippen LogP contribution in [0, 0.1) is 0 Å². The fourth-order valence-electron chi connectivity index (χ4n) is 2.87. The number of rotatable bonds is 3. The molecular formula is C14H19N3O3. The van der Waals surface area contributed by atoms with Crippen molar-refractivity contribution in [3.63, 3.8) is 0 Å². The van der Waals surface area contributed by atoms with E-state index in [9.17, 15) is 14.7 Å². The molecule has 1 saturated heterocycles. The van der Waals surface area contributed by atoms with Crippen LogP contribution in [0.15, 0.2) is 17.2 Å². The van der Waals surface area contributed by atoms with Gasteiger partial charge in [0.1, 0.15) is 6.04 Å². The highest BCUT2D eigenvalue weighted by atomic mass is 16.4. The minimum atomic E-state index is -0.866. The first-order valence-corrected chi connectivity index (χ1v) is 7.25. The quantitative estimate of drug-likeness (QED) is 0.904. The van der Waals surface area contributed by atoms with Gasteiger partial charge in [0.25, 0.3) is 5.56 Å². The third-order valence-corrected chi connectivity index (χ3v) is 4.10. The normalized spacial score (nSPS) is 23.4. The van der Waals surface area contributed by atoms with E-state index in [1.165, 1.54) is 0 Å². The molecule has 1 aliphatic heterocycles. The molecule has 1 N–H and O–H groups in total. The van der Waals surface area contributed by atoms with E-state index in [-0.39, 0.29) is 11.6 Å². The fourth-order valence-corrected chi connectivity index (χ4v) is 2.87. The number of aromatic nitrogens is 2. The van der Waals surface area contributed by atoms with Gasteiger partial charge in [0.05, 0.1) is 0 Å². The van der Waals surface area contributed by atoms with Crippen molar-refractivity contribution in [2.24, 2.45) is 0 Å². The molecule has 0 spiro atoms. The van der Waals surface area contributed by atoms with Crippen LogP contribution < -0.4 is 10.5 Å². The lowest BCUT2D eigenvalue weighted by molar-refractivity contribution is -0.138. The van der Waals surface area contributed by atoms with Crippen molar-refractivity contribution in [3.8, 4) is 0 Å². The van der Waals surface area contributed by atoms with E-state index in [0.29, 0.717) is 18.8 Å². The van der Waals surface area contributed by atoms with Gasteiger partial charge in [-0.1, -0.05) is 12.8 Å². The summed E-state index contributed by atoms with van der Waals surface area (Å²) in [6.45, 7) is 0.591. The minimum Gasteiger partial charge on any atom is -0.480 e. The Morgan fingerprint density at radius 1 is 1.25 bits per heavy atom. The summed E-state index contributed by atoms with van der Waals surface area (Å²) in [5.74, 6) is -0.566. The highest BCUT2D eigenvalue weighted by Gasteiger charge is 2.32. The maximum Gasteiger partial charge on any atom is 0.326 e. The van der Waals surface area contributed by atoms with Gasteiger partial charge in [-0.15, -0.1) is 0 Å². The molecule has 0 amide bonds. The predicted octanol–water partition coefficient (Wildman–Crippen LogP) is 1.41. The average Bonchev–Trinajstić information content (AvgIpc) is 3.25. The molecule has 3 rings (SSSR count). The topological polar surface area (TPSA) is 75.4 Å². The predicted molar refractivity (Wildman–Crippen MR) is 74.0 cm³/mol. The Hall–Kier alpha value is -1.85. The van der Waals surface area contributed by atoms with Gasteiger partial charge in [0, 0.05) is 25.0 Å². The molecule has 0 radical (unpaired) electrons. The van der Waals surface area contributed by atoms with Gasteiger partial charge >= 0.3 is 5.97 Å². The molecule has 1 saturated carbocycles. The van der Waals surface area contributed by atoms with Gasteiger partial charge < -0.3 is 14.6 Å². The van der Waals surface area contributed by atoms with E-state index in [1.54, 1.807) is 21.9 Å². The van der Waals surface area contributed by atoms with E-state index in [0.717, 1.165) is 32.1 Å². The number of carboxylic acid groups (broad SMARTS) is 1. The Bertz CT molecular complexity index is 565. The Kier molecular flexibility index (Phi) is 3.46. The lowest BCUT2D eigenvalue weighted by Gasteiger charge is -2.27. The number of anilines is 1. The summed E-state index contributed by atoms with van der Waals surface area (Å²) >= 11 is 0. The Balaban J connectivity index is 1.98. The van der Waals surface area contributed by atoms with Gasteiger partial charge in [0.15, 0.2) is 5.82 Å². The largest absolute Gasteiger partial charge is 0.480 e. The lowest BCUT2D eigenvalue weighted by atomic mass is 10.1. The maximum absolute atomic E-state index is 12.5. The van der Waals surface area contributed by atoms with Crippen LogP contribution in [0.5, 0.6) is 0 Å². The first kappa shape index (κ1) is 13.1. The lowest BCUT2D eigenvalue weighted by Crippen LogP contribution is -2.44. The number of carbonyl (C=O) groups is 1. The number of aliphatic carboxylic acids is 1. The molecule has 0 aromatic carbocycles. The van der Waals surface area contributed by atoms with Crippen molar-refractivity contribution in [2.75, 3.05) is 11.4 Å². The SMILES string of the molecule is O=C(O)C1CCCCCN1c1nccn(C2CC2)c1=O. The summed E-state index contributed by atoms with van der Waals surface area (Å²) in [6, 6.07) is -0.354. The summed E-state index contributed by atoms with van der Waals surface area (Å²) in [5.41, 5.74) is -0.150. The Labute approximate surface area is 117 Å². The van der Waals surface area contributed by atoms with Crippen molar-refractivity contribution in [1.29, 1.82) is 0 Å². The fraction of sp³-hybridized carbons (Fsp3) is 0.643. The van der Waals surface area contributed by atoms with Crippen molar-refractivity contribution >= 4 is 11.8 Å². The average molecular weight is 277 g/mol. The number of hydrogen-bond acceptors (Lipinski definition) is 4. The zero-order valence-corrected chi connectivity index (χ0v) is 11.4. The molecule has 1 aliphatic carbocycles. The van der Waals surface area contributed by atoms with Crippen LogP contribution in [0.2, 0.25) is 0 Å². The summed E-state index contributed by atoms with van der Waals surface area (Å²) in [6.07, 6.45) is 8.73. The van der Waals surface area contributed by atoms with Crippen molar-refractivity contribution in [3.05, 3.63) is 22.7 Å². The van der Waals surface area contributed by atoms with Crippen molar-refractivity contribution in [1.82, 2.24) is 9.55 Å². The summed E-state index contributed by atoms with van der Waals surface area (Å²) in [7, 11) is 0. The standard InChI is InChI=1S/C14H19N3O3/c18-13-12(15-7-9-16(13)10-5-6-10)17-8-3-1-2-4-11(17)14(19)20/h7,9-11H,1-6,8H2,(H,19,20). The van der Waals surface area contributed by atoms with Crippen molar-refractivity contribution in [2.45, 2.75) is 50.6 Å². The van der Waals surface area contributed by atoms with Crippen LogP contribution in [0.3, 0.4) is 0 Å². The highest BCUT2D eigenvalue weighted by molar-refractivity contribution is 5.77. The Morgan fingerprint density at radius 3 is 2.75 bits per heavy atom. The third-order valence-electron chi connectivity index (χ3n) is 4.10. The van der Waals surface area contributed by atoms with Crippen LogP contribution >= 0.6 is 0 Å². The second kappa shape index (κ2) is 5.26. The Morgan fingerprint density at radius 2 is 2.05 bits per heavy atom. The molecule has 6 heteroatoms. The van der Waals surface area contributed by atoms with Gasteiger partial charge in [-0.05, 0) is 25.7 Å². The molecule has 20 heavy (non-hydrogen) atoms. The van der Waals surface area contributed by atoms with Crippen LogP contribution in [-0.4, -0.2) is 33.2 Å². The van der Waals surface area contributed by atoms with Crippen molar-refractivity contribution < 1.29 is 9.90 Å². The van der Waals surface area contributed by atoms with E-state index in [2.05, 4.69) is 4.98 Å². The number of nitrogens with zero attached hydrogens (tertiary/aromatic N) is 3. The van der Waals surface area contributed by atoms with Gasteiger partial charge in [0.2, 0.25) is 0 Å². The molecule has 2 fully saturated rings. The molecule has 6 nitrogen and oxygen atoms in total. The molecular weight excluding hydrogens is 258 g/mol. The molecule has 2 aliphatic rings. The van der Waals surface area contributed by atoms with Gasteiger partial charge in [-0.3, -0.25) is 4.79 Å². The first-order valence-electron chi connectivity index (χ1n) is 7.25. The molecule has 1 aromatic heterocycles. The third kappa shape index (κ3) is 2.42. The number of hydrogen-bond donors (Lipinski definition) is 1. The van der Waals surface area contributed by atoms with E-state index in [1.807, 2.05) is 0 Å². The van der Waals surface area contributed by atoms with Crippen LogP contribution in [0.4, 0.5) is 5.82 Å². The van der Waals surface area contributed by atoms with Crippen LogP contribution in [0.25, 0.3) is 0 Å². The first-order chi connectivity index (χ1) is 9.68. The molecule has 108 valence electrons. The molecule has 0 bridgehead atoms. The summed E-state index contributed by atoms with van der Waals surface area (Å²) in [4.78, 5) is 29.8. The second-order valence-corrected chi connectivity index (χ2v) is 5.59. The van der Waals surface area contributed by atoms with E-state index < -0.39 is 12.0 Å². The van der Waals surface area contributed by atoms with Gasteiger partial charge in [-0.2, -0.15) is 0 Å². The van der Waals surface area contributed by atoms with E-state index >= 15 is 0 Å². The van der Waals surface area contributed by atoms with Crippen LogP contribution in [-0.2, 0) is 4.79 Å².